The van der Waals surface area contributed by atoms with E-state index in [1.807, 2.05) is 6.92 Å². The van der Waals surface area contributed by atoms with Gasteiger partial charge in [0.2, 0.25) is 0 Å². The minimum Gasteiger partial charge on any atom is -0.481 e. The Bertz CT molecular complexity index is 971. The quantitative estimate of drug-likeness (QED) is 0.705. The van der Waals surface area contributed by atoms with Gasteiger partial charge in [-0.05, 0) is 25.5 Å². The van der Waals surface area contributed by atoms with Crippen LogP contribution in [0.5, 0.6) is 5.75 Å². The van der Waals surface area contributed by atoms with Crippen LogP contribution in [0.15, 0.2) is 27.8 Å². The number of amides is 1. The molecule has 1 aromatic heterocycles. The number of likely N-dealkylation sites (N-methyl/N-ethyl adjacent to an activating group) is 1. The third kappa shape index (κ3) is 4.56. The van der Waals surface area contributed by atoms with Crippen LogP contribution in [0.1, 0.15) is 26.7 Å². The minimum atomic E-state index is -0.957. The lowest BCUT2D eigenvalue weighted by Crippen LogP contribution is -2.42. The maximum absolute atomic E-state index is 13.6. The van der Waals surface area contributed by atoms with Gasteiger partial charge in [0.05, 0.1) is 0 Å². The van der Waals surface area contributed by atoms with Gasteiger partial charge < -0.3 is 15.4 Å². The number of halogens is 2. The number of carbonyl (C=O) groups is 1. The van der Waals surface area contributed by atoms with E-state index in [9.17, 15) is 23.2 Å². The number of carbonyl (C=O) groups excluding carboxylic acids is 1. The van der Waals surface area contributed by atoms with Crippen molar-refractivity contribution in [2.45, 2.75) is 33.2 Å². The maximum Gasteiger partial charge on any atom is 0.330 e. The van der Waals surface area contributed by atoms with Gasteiger partial charge in [0, 0.05) is 19.2 Å². The molecule has 2 aromatic rings. The molecular formula is C18H22F2N4O4. The highest BCUT2D eigenvalue weighted by atomic mass is 19.1. The Hall–Kier alpha value is -3.17. The number of nitrogen functional groups attached to an aromatic ring is 1. The molecule has 0 bridgehead atoms. The van der Waals surface area contributed by atoms with Gasteiger partial charge in [0.15, 0.2) is 23.9 Å². The molecular weight excluding hydrogens is 374 g/mol. The third-order valence-electron chi connectivity index (χ3n) is 4.08. The predicted octanol–water partition coefficient (Wildman–Crippen LogP) is 1.63. The molecule has 152 valence electrons. The molecule has 0 aliphatic rings. The fourth-order valence-corrected chi connectivity index (χ4v) is 2.65. The highest BCUT2D eigenvalue weighted by Gasteiger charge is 2.23. The summed E-state index contributed by atoms with van der Waals surface area (Å²) in [4.78, 5) is 40.0. The smallest absolute Gasteiger partial charge is 0.330 e. The molecule has 0 atom stereocenters. The first-order valence-corrected chi connectivity index (χ1v) is 8.80. The number of nitrogens with one attached hydrogen (secondary N) is 1. The van der Waals surface area contributed by atoms with Gasteiger partial charge in [0.1, 0.15) is 11.6 Å². The molecule has 0 aliphatic carbocycles. The van der Waals surface area contributed by atoms with Crippen LogP contribution in [0.2, 0.25) is 0 Å². The number of unbranched alkanes of at least 4 members (excludes halogenated alkanes) is 1. The summed E-state index contributed by atoms with van der Waals surface area (Å²) in [6.07, 6.45) is 1.45. The van der Waals surface area contributed by atoms with Crippen LogP contribution in [0, 0.1) is 11.6 Å². The Morgan fingerprint density at radius 2 is 2.00 bits per heavy atom. The highest BCUT2D eigenvalue weighted by molar-refractivity contribution is 5.96. The summed E-state index contributed by atoms with van der Waals surface area (Å²) < 4.78 is 32.9. The number of nitrogens with two attached hydrogens (primary N) is 1. The molecule has 0 radical (unpaired) electrons. The molecule has 0 saturated carbocycles. The average Bonchev–Trinajstić information content (AvgIpc) is 2.64. The van der Waals surface area contributed by atoms with Crippen molar-refractivity contribution < 1.29 is 18.3 Å². The monoisotopic (exact) mass is 396 g/mol. The summed E-state index contributed by atoms with van der Waals surface area (Å²) in [5.41, 5.74) is 4.35. The zero-order chi connectivity index (χ0) is 20.8. The molecule has 10 heteroatoms. The average molecular weight is 396 g/mol. The zero-order valence-corrected chi connectivity index (χ0v) is 15.6. The molecule has 0 spiro atoms. The van der Waals surface area contributed by atoms with Gasteiger partial charge in [-0.1, -0.05) is 13.3 Å². The van der Waals surface area contributed by atoms with Gasteiger partial charge in [-0.25, -0.2) is 13.6 Å². The first-order valence-electron chi connectivity index (χ1n) is 8.80. The molecule has 0 saturated heterocycles. The first kappa shape index (κ1) is 21.1. The lowest BCUT2D eigenvalue weighted by Gasteiger charge is -2.23. The van der Waals surface area contributed by atoms with Gasteiger partial charge in [0.25, 0.3) is 11.5 Å². The van der Waals surface area contributed by atoms with Crippen LogP contribution < -0.4 is 26.6 Å². The number of benzene rings is 1. The molecule has 1 heterocycles. The Balaban J connectivity index is 2.29. The van der Waals surface area contributed by atoms with Gasteiger partial charge in [-0.3, -0.25) is 19.1 Å². The molecule has 1 aromatic carbocycles. The van der Waals surface area contributed by atoms with E-state index < -0.39 is 35.4 Å². The maximum atomic E-state index is 13.6. The second-order valence-corrected chi connectivity index (χ2v) is 6.00. The third-order valence-corrected chi connectivity index (χ3v) is 4.08. The van der Waals surface area contributed by atoms with Crippen molar-refractivity contribution in [1.82, 2.24) is 9.55 Å². The number of H-pyrrole nitrogens is 1. The van der Waals surface area contributed by atoms with Crippen molar-refractivity contribution in [3.63, 3.8) is 0 Å². The van der Waals surface area contributed by atoms with Crippen LogP contribution in [-0.2, 0) is 11.3 Å². The number of anilines is 2. The number of nitrogens with zero attached hydrogens (tertiary/aromatic N) is 2. The van der Waals surface area contributed by atoms with E-state index in [4.69, 9.17) is 10.5 Å². The van der Waals surface area contributed by atoms with Crippen molar-refractivity contribution in [2.24, 2.45) is 0 Å². The van der Waals surface area contributed by atoms with E-state index in [0.29, 0.717) is 12.5 Å². The molecule has 0 unspecified atom stereocenters. The van der Waals surface area contributed by atoms with Crippen molar-refractivity contribution in [1.29, 1.82) is 0 Å². The Morgan fingerprint density at radius 3 is 2.61 bits per heavy atom. The summed E-state index contributed by atoms with van der Waals surface area (Å²) in [5, 5.41) is 0. The fraction of sp³-hybridized carbons (Fsp3) is 0.389. The largest absolute Gasteiger partial charge is 0.481 e. The summed E-state index contributed by atoms with van der Waals surface area (Å²) in [5.74, 6) is -2.85. The number of aromatic nitrogens is 2. The Labute approximate surface area is 159 Å². The molecule has 0 aliphatic heterocycles. The van der Waals surface area contributed by atoms with Crippen molar-refractivity contribution in [3.8, 4) is 5.75 Å². The van der Waals surface area contributed by atoms with Crippen LogP contribution in [0.3, 0.4) is 0 Å². The van der Waals surface area contributed by atoms with Crippen molar-refractivity contribution >= 4 is 17.4 Å². The van der Waals surface area contributed by atoms with Crippen molar-refractivity contribution in [3.05, 3.63) is 50.7 Å². The Kier molecular flexibility index (Phi) is 6.91. The second-order valence-electron chi connectivity index (χ2n) is 6.00. The van der Waals surface area contributed by atoms with E-state index in [-0.39, 0.29) is 30.3 Å². The van der Waals surface area contributed by atoms with E-state index in [1.165, 1.54) is 4.57 Å². The molecule has 1 amide bonds. The van der Waals surface area contributed by atoms with E-state index in [0.717, 1.165) is 23.5 Å². The van der Waals surface area contributed by atoms with Crippen LogP contribution >= 0.6 is 0 Å². The number of hydrogen-bond acceptors (Lipinski definition) is 5. The molecule has 3 N–H and O–H groups in total. The van der Waals surface area contributed by atoms with Gasteiger partial charge in [-0.2, -0.15) is 0 Å². The van der Waals surface area contributed by atoms with Crippen LogP contribution in [-0.4, -0.2) is 28.6 Å². The number of ether oxygens (including phenoxy) is 1. The first-order chi connectivity index (χ1) is 13.3. The standard InChI is InChI=1S/C18H22F2N4O4/c1-3-5-8-24-16(21)15(17(26)22-18(24)27)23(4-2)14(25)10-28-13-7-6-11(19)9-12(13)20/h6-7,9H,3-5,8,10,21H2,1-2H3,(H,22,26,27). The van der Waals surface area contributed by atoms with Crippen LogP contribution in [0.4, 0.5) is 20.3 Å². The number of aromatic amines is 1. The lowest BCUT2D eigenvalue weighted by atomic mass is 10.3. The fourth-order valence-electron chi connectivity index (χ4n) is 2.65. The minimum absolute atomic E-state index is 0.0629. The summed E-state index contributed by atoms with van der Waals surface area (Å²) in [7, 11) is 0. The highest BCUT2D eigenvalue weighted by Crippen LogP contribution is 2.20. The van der Waals surface area contributed by atoms with E-state index >= 15 is 0 Å². The molecule has 2 rings (SSSR count). The lowest BCUT2D eigenvalue weighted by molar-refractivity contribution is -0.120. The summed E-state index contributed by atoms with van der Waals surface area (Å²) >= 11 is 0. The van der Waals surface area contributed by atoms with Gasteiger partial charge >= 0.3 is 5.69 Å². The summed E-state index contributed by atoms with van der Waals surface area (Å²) in [6, 6.07) is 2.68. The molecule has 28 heavy (non-hydrogen) atoms. The zero-order valence-electron chi connectivity index (χ0n) is 15.6. The SMILES string of the molecule is CCCCn1c(N)c(N(CC)C(=O)COc2ccc(F)cc2F)c(=O)[nH]c1=O. The Morgan fingerprint density at radius 1 is 1.29 bits per heavy atom. The molecule has 0 fully saturated rings. The number of hydrogen-bond donors (Lipinski definition) is 2. The normalized spacial score (nSPS) is 10.7. The topological polar surface area (TPSA) is 110 Å². The second kappa shape index (κ2) is 9.16. The molecule has 8 nitrogen and oxygen atoms in total. The van der Waals surface area contributed by atoms with Crippen LogP contribution in [0.25, 0.3) is 0 Å². The predicted molar refractivity (Wildman–Crippen MR) is 101 cm³/mol. The van der Waals surface area contributed by atoms with E-state index in [2.05, 4.69) is 4.98 Å². The van der Waals surface area contributed by atoms with E-state index in [1.54, 1.807) is 6.92 Å². The summed E-state index contributed by atoms with van der Waals surface area (Å²) in [6.45, 7) is 3.28. The number of rotatable bonds is 8. The van der Waals surface area contributed by atoms with Gasteiger partial charge in [-0.15, -0.1) is 0 Å². The van der Waals surface area contributed by atoms with Crippen molar-refractivity contribution in [2.75, 3.05) is 23.8 Å².